The van der Waals surface area contributed by atoms with Crippen LogP contribution in [0.25, 0.3) is 0 Å². The van der Waals surface area contributed by atoms with E-state index in [0.29, 0.717) is 5.82 Å². The summed E-state index contributed by atoms with van der Waals surface area (Å²) in [6.45, 7) is 4.98. The molecule has 0 radical (unpaired) electrons. The van der Waals surface area contributed by atoms with Gasteiger partial charge in [-0.25, -0.2) is 15.8 Å². The van der Waals surface area contributed by atoms with Crippen molar-refractivity contribution in [2.75, 3.05) is 17.3 Å². The van der Waals surface area contributed by atoms with Crippen LogP contribution in [-0.4, -0.2) is 16.5 Å². The molecule has 4 N–H and O–H groups in total. The predicted molar refractivity (Wildman–Crippen MR) is 82.6 cm³/mol. The Morgan fingerprint density at radius 2 is 1.90 bits per heavy atom. The predicted octanol–water partition coefficient (Wildman–Crippen LogP) is 2.29. The lowest BCUT2D eigenvalue weighted by Crippen LogP contribution is -2.13. The minimum absolute atomic E-state index is 0.634. The first-order valence-electron chi connectivity index (χ1n) is 6.86. The van der Waals surface area contributed by atoms with Gasteiger partial charge in [-0.05, 0) is 24.5 Å². The van der Waals surface area contributed by atoms with Crippen molar-refractivity contribution in [2.45, 2.75) is 26.7 Å². The quantitative estimate of drug-likeness (QED) is 0.555. The summed E-state index contributed by atoms with van der Waals surface area (Å²) in [5, 5.41) is 3.32. The van der Waals surface area contributed by atoms with Crippen molar-refractivity contribution in [3.05, 3.63) is 47.3 Å². The molecule has 0 saturated heterocycles. The van der Waals surface area contributed by atoms with Crippen molar-refractivity contribution in [1.82, 2.24) is 9.97 Å². The van der Waals surface area contributed by atoms with E-state index in [0.717, 1.165) is 31.0 Å². The number of aryl methyl sites for hydroxylation is 2. The molecule has 0 aliphatic heterocycles. The van der Waals surface area contributed by atoms with E-state index in [-0.39, 0.29) is 0 Å². The number of benzene rings is 1. The van der Waals surface area contributed by atoms with E-state index in [1.165, 1.54) is 11.1 Å². The van der Waals surface area contributed by atoms with Gasteiger partial charge in [-0.1, -0.05) is 31.2 Å². The van der Waals surface area contributed by atoms with Gasteiger partial charge in [0.15, 0.2) is 0 Å². The monoisotopic (exact) mass is 271 g/mol. The van der Waals surface area contributed by atoms with Crippen molar-refractivity contribution in [1.29, 1.82) is 0 Å². The molecule has 5 nitrogen and oxygen atoms in total. The summed E-state index contributed by atoms with van der Waals surface area (Å²) in [6, 6.07) is 10.2. The highest BCUT2D eigenvalue weighted by atomic mass is 15.3. The van der Waals surface area contributed by atoms with E-state index in [1.807, 2.05) is 13.0 Å². The van der Waals surface area contributed by atoms with Crippen molar-refractivity contribution in [2.24, 2.45) is 5.84 Å². The number of nitrogens with zero attached hydrogens (tertiary/aromatic N) is 2. The Morgan fingerprint density at radius 3 is 2.60 bits per heavy atom. The van der Waals surface area contributed by atoms with Gasteiger partial charge >= 0.3 is 0 Å². The Bertz CT molecular complexity index is 546. The maximum Gasteiger partial charge on any atom is 0.145 e. The molecule has 0 amide bonds. The second-order valence-electron chi connectivity index (χ2n) is 4.66. The summed E-state index contributed by atoms with van der Waals surface area (Å²) in [5.41, 5.74) is 5.23. The first-order valence-corrected chi connectivity index (χ1v) is 6.86. The van der Waals surface area contributed by atoms with E-state index >= 15 is 0 Å². The first-order chi connectivity index (χ1) is 9.72. The van der Waals surface area contributed by atoms with Gasteiger partial charge in [0, 0.05) is 19.0 Å². The van der Waals surface area contributed by atoms with E-state index in [4.69, 9.17) is 5.84 Å². The fourth-order valence-corrected chi connectivity index (χ4v) is 2.04. The largest absolute Gasteiger partial charge is 0.370 e. The third-order valence-corrected chi connectivity index (χ3v) is 3.20. The highest BCUT2D eigenvalue weighted by Crippen LogP contribution is 2.12. The fourth-order valence-electron chi connectivity index (χ4n) is 2.04. The normalized spacial score (nSPS) is 10.3. The number of hydrazine groups is 1. The fraction of sp³-hybridized carbons (Fsp3) is 0.333. The average molecular weight is 271 g/mol. The smallest absolute Gasteiger partial charge is 0.145 e. The summed E-state index contributed by atoms with van der Waals surface area (Å²) in [4.78, 5) is 8.70. The van der Waals surface area contributed by atoms with Crippen LogP contribution < -0.4 is 16.6 Å². The maximum absolute atomic E-state index is 5.41. The molecule has 0 unspecified atom stereocenters. The third kappa shape index (κ3) is 3.68. The average Bonchev–Trinajstić information content (AvgIpc) is 2.48. The molecule has 20 heavy (non-hydrogen) atoms. The zero-order valence-corrected chi connectivity index (χ0v) is 12.0. The van der Waals surface area contributed by atoms with Crippen LogP contribution >= 0.6 is 0 Å². The molecule has 0 atom stereocenters. The molecule has 1 aromatic heterocycles. The lowest BCUT2D eigenvalue weighted by molar-refractivity contribution is 0.922. The Hall–Kier alpha value is -2.14. The number of rotatable bonds is 6. The number of anilines is 2. The highest BCUT2D eigenvalue weighted by molar-refractivity contribution is 5.47. The molecule has 0 aliphatic carbocycles. The molecule has 0 saturated carbocycles. The van der Waals surface area contributed by atoms with Crippen LogP contribution in [0.4, 0.5) is 11.6 Å². The van der Waals surface area contributed by atoms with E-state index in [1.54, 1.807) is 0 Å². The molecule has 0 fully saturated rings. The molecule has 0 spiro atoms. The first kappa shape index (κ1) is 14.3. The zero-order valence-electron chi connectivity index (χ0n) is 12.0. The summed E-state index contributed by atoms with van der Waals surface area (Å²) >= 11 is 0. The summed E-state index contributed by atoms with van der Waals surface area (Å²) in [7, 11) is 0. The third-order valence-electron chi connectivity index (χ3n) is 3.20. The molecule has 1 aromatic carbocycles. The maximum atomic E-state index is 5.41. The molecule has 2 rings (SSSR count). The number of hydrogen-bond donors (Lipinski definition) is 3. The molecular weight excluding hydrogens is 250 g/mol. The standard InChI is InChI=1S/C15H21N5/c1-3-13-18-14(10-15(19-13)20-16)17-9-8-12-7-5-4-6-11(12)2/h4-7,10H,3,8-9,16H2,1-2H3,(H2,17,18,19,20). The molecule has 5 heteroatoms. The van der Waals surface area contributed by atoms with Crippen LogP contribution in [0.3, 0.4) is 0 Å². The van der Waals surface area contributed by atoms with Gasteiger partial charge in [0.1, 0.15) is 17.5 Å². The highest BCUT2D eigenvalue weighted by Gasteiger charge is 2.03. The molecule has 0 aliphatic rings. The SMILES string of the molecule is CCc1nc(NN)cc(NCCc2ccccc2C)n1. The van der Waals surface area contributed by atoms with Crippen LogP contribution in [0, 0.1) is 6.92 Å². The van der Waals surface area contributed by atoms with Crippen molar-refractivity contribution in [3.63, 3.8) is 0 Å². The Balaban J connectivity index is 1.99. The molecular formula is C15H21N5. The minimum atomic E-state index is 0.634. The van der Waals surface area contributed by atoms with Gasteiger partial charge < -0.3 is 10.7 Å². The van der Waals surface area contributed by atoms with Gasteiger partial charge in [0.2, 0.25) is 0 Å². The van der Waals surface area contributed by atoms with Gasteiger partial charge in [0.05, 0.1) is 0 Å². The zero-order chi connectivity index (χ0) is 14.4. The topological polar surface area (TPSA) is 75.9 Å². The van der Waals surface area contributed by atoms with Crippen molar-refractivity contribution < 1.29 is 0 Å². The summed E-state index contributed by atoms with van der Waals surface area (Å²) in [5.74, 6) is 7.63. The number of nitrogens with one attached hydrogen (secondary N) is 2. The van der Waals surface area contributed by atoms with Gasteiger partial charge in [-0.2, -0.15) is 0 Å². The molecule has 2 aromatic rings. The van der Waals surface area contributed by atoms with Crippen LogP contribution in [0.15, 0.2) is 30.3 Å². The molecule has 1 heterocycles. The molecule has 106 valence electrons. The minimum Gasteiger partial charge on any atom is -0.370 e. The van der Waals surface area contributed by atoms with Gasteiger partial charge in [-0.15, -0.1) is 0 Å². The number of nitrogen functional groups attached to an aromatic ring is 1. The van der Waals surface area contributed by atoms with E-state index < -0.39 is 0 Å². The second kappa shape index (κ2) is 6.86. The van der Waals surface area contributed by atoms with Crippen LogP contribution in [0.1, 0.15) is 23.9 Å². The van der Waals surface area contributed by atoms with Crippen LogP contribution in [-0.2, 0) is 12.8 Å². The van der Waals surface area contributed by atoms with Crippen molar-refractivity contribution >= 4 is 11.6 Å². The van der Waals surface area contributed by atoms with Gasteiger partial charge in [0.25, 0.3) is 0 Å². The number of nitrogens with two attached hydrogens (primary N) is 1. The molecule has 0 bridgehead atoms. The van der Waals surface area contributed by atoms with E-state index in [2.05, 4.69) is 51.9 Å². The van der Waals surface area contributed by atoms with Gasteiger partial charge in [-0.3, -0.25) is 0 Å². The Labute approximate surface area is 119 Å². The Kier molecular flexibility index (Phi) is 4.90. The number of hydrogen-bond acceptors (Lipinski definition) is 5. The lowest BCUT2D eigenvalue weighted by Gasteiger charge is -2.10. The van der Waals surface area contributed by atoms with Crippen LogP contribution in [0.5, 0.6) is 0 Å². The Morgan fingerprint density at radius 1 is 1.15 bits per heavy atom. The lowest BCUT2D eigenvalue weighted by atomic mass is 10.1. The number of aromatic nitrogens is 2. The van der Waals surface area contributed by atoms with E-state index in [9.17, 15) is 0 Å². The van der Waals surface area contributed by atoms with Crippen molar-refractivity contribution in [3.8, 4) is 0 Å². The van der Waals surface area contributed by atoms with Crippen LogP contribution in [0.2, 0.25) is 0 Å². The summed E-state index contributed by atoms with van der Waals surface area (Å²) in [6.07, 6.45) is 1.74. The summed E-state index contributed by atoms with van der Waals surface area (Å²) < 4.78 is 0. The second-order valence-corrected chi connectivity index (χ2v) is 4.66.